The van der Waals surface area contributed by atoms with Gasteiger partial charge in [0.25, 0.3) is 0 Å². The van der Waals surface area contributed by atoms with Crippen molar-refractivity contribution in [2.45, 2.75) is 6.92 Å². The number of aliphatic imine (C=N–C) groups is 1. The number of nitrogens with zero attached hydrogens (tertiary/aromatic N) is 3. The second-order valence-electron chi connectivity index (χ2n) is 6.67. The fourth-order valence-corrected chi connectivity index (χ4v) is 2.89. The number of nitrogens with one attached hydrogen (secondary N) is 3. The molecule has 1 aromatic carbocycles. The first-order chi connectivity index (χ1) is 12.9. The zero-order chi connectivity index (χ0) is 19.6. The number of amidine groups is 1. The van der Waals surface area contributed by atoms with Crippen LogP contribution in [0.2, 0.25) is 0 Å². The van der Waals surface area contributed by atoms with Crippen molar-refractivity contribution in [1.82, 2.24) is 20.4 Å². The van der Waals surface area contributed by atoms with Gasteiger partial charge in [0.05, 0.1) is 28.6 Å². The van der Waals surface area contributed by atoms with E-state index >= 15 is 0 Å². The van der Waals surface area contributed by atoms with Gasteiger partial charge in [-0.05, 0) is 18.2 Å². The summed E-state index contributed by atoms with van der Waals surface area (Å²) in [5, 5.41) is 18.4. The van der Waals surface area contributed by atoms with Crippen LogP contribution in [0.1, 0.15) is 12.5 Å². The summed E-state index contributed by atoms with van der Waals surface area (Å²) in [7, 11) is 3.46. The number of carbonyl (C=O) groups is 1. The SMILES string of the molecule is CC(CN/C=C1\C(=N)c2ccc(-c3ccn[nH]3)cc2N=C1N)C(=O)N(C)C. The maximum absolute atomic E-state index is 11.9. The fraction of sp³-hybridized carbons (Fsp3) is 0.263. The molecule has 3 rings (SSSR count). The number of aromatic amines is 1. The number of rotatable bonds is 5. The van der Waals surface area contributed by atoms with Crippen molar-refractivity contribution in [3.8, 4) is 11.3 Å². The van der Waals surface area contributed by atoms with Gasteiger partial charge in [0.2, 0.25) is 5.91 Å². The van der Waals surface area contributed by atoms with Crippen molar-refractivity contribution in [2.24, 2.45) is 16.6 Å². The minimum absolute atomic E-state index is 0.0398. The number of fused-ring (bicyclic) bond motifs is 1. The van der Waals surface area contributed by atoms with Crippen molar-refractivity contribution >= 4 is 23.1 Å². The van der Waals surface area contributed by atoms with Crippen LogP contribution < -0.4 is 11.1 Å². The number of carbonyl (C=O) groups excluding carboxylic acids is 1. The van der Waals surface area contributed by atoms with Crippen LogP contribution in [0.25, 0.3) is 11.3 Å². The Bertz CT molecular complexity index is 926. The Morgan fingerprint density at radius 3 is 2.85 bits per heavy atom. The Morgan fingerprint density at radius 1 is 1.41 bits per heavy atom. The molecule has 0 aliphatic carbocycles. The van der Waals surface area contributed by atoms with Crippen LogP contribution in [-0.4, -0.2) is 53.2 Å². The molecule has 0 spiro atoms. The van der Waals surface area contributed by atoms with Gasteiger partial charge in [0.15, 0.2) is 0 Å². The summed E-state index contributed by atoms with van der Waals surface area (Å²) in [5.41, 5.74) is 10.1. The van der Waals surface area contributed by atoms with E-state index in [1.807, 2.05) is 31.2 Å². The van der Waals surface area contributed by atoms with Crippen molar-refractivity contribution in [2.75, 3.05) is 20.6 Å². The lowest BCUT2D eigenvalue weighted by molar-refractivity contribution is -0.132. The Morgan fingerprint density at radius 2 is 2.19 bits per heavy atom. The monoisotopic (exact) mass is 365 g/mol. The Kier molecular flexibility index (Phi) is 5.07. The average Bonchev–Trinajstić information content (AvgIpc) is 3.17. The van der Waals surface area contributed by atoms with Crippen LogP contribution >= 0.6 is 0 Å². The van der Waals surface area contributed by atoms with Gasteiger partial charge in [0.1, 0.15) is 5.84 Å². The first-order valence-corrected chi connectivity index (χ1v) is 8.61. The summed E-state index contributed by atoms with van der Waals surface area (Å²) < 4.78 is 0. The zero-order valence-electron chi connectivity index (χ0n) is 15.6. The third-order valence-electron chi connectivity index (χ3n) is 4.40. The Balaban J connectivity index is 1.79. The van der Waals surface area contributed by atoms with Crippen molar-refractivity contribution in [1.29, 1.82) is 5.41 Å². The quantitative estimate of drug-likeness (QED) is 0.643. The van der Waals surface area contributed by atoms with E-state index in [-0.39, 0.29) is 17.7 Å². The topological polar surface area (TPSA) is 123 Å². The Hall–Kier alpha value is -3.42. The molecule has 0 bridgehead atoms. The maximum atomic E-state index is 11.9. The van der Waals surface area contributed by atoms with E-state index in [1.54, 1.807) is 31.4 Å². The van der Waals surface area contributed by atoms with Gasteiger partial charge in [-0.3, -0.25) is 15.3 Å². The number of aromatic nitrogens is 2. The summed E-state index contributed by atoms with van der Waals surface area (Å²) >= 11 is 0. The number of hydrogen-bond donors (Lipinski definition) is 4. The van der Waals surface area contributed by atoms with Crippen molar-refractivity contribution < 1.29 is 4.79 Å². The molecule has 1 aromatic heterocycles. The van der Waals surface area contributed by atoms with Crippen LogP contribution in [-0.2, 0) is 4.79 Å². The summed E-state index contributed by atoms with van der Waals surface area (Å²) in [6.45, 7) is 2.30. The maximum Gasteiger partial charge on any atom is 0.226 e. The molecular formula is C19H23N7O. The van der Waals surface area contributed by atoms with Gasteiger partial charge in [-0.2, -0.15) is 5.10 Å². The van der Waals surface area contributed by atoms with Crippen LogP contribution in [0.5, 0.6) is 0 Å². The molecule has 2 aromatic rings. The van der Waals surface area contributed by atoms with E-state index in [0.717, 1.165) is 11.3 Å². The normalized spacial score (nSPS) is 15.9. The van der Waals surface area contributed by atoms with Crippen molar-refractivity contribution in [3.05, 3.63) is 47.8 Å². The number of benzene rings is 1. The minimum Gasteiger partial charge on any atom is -0.389 e. The molecule has 1 aliphatic heterocycles. The molecule has 0 saturated carbocycles. The van der Waals surface area contributed by atoms with E-state index in [0.29, 0.717) is 29.1 Å². The molecule has 8 heteroatoms. The molecule has 1 unspecified atom stereocenters. The van der Waals surface area contributed by atoms with E-state index in [4.69, 9.17) is 11.1 Å². The molecule has 1 atom stereocenters. The third-order valence-corrected chi connectivity index (χ3v) is 4.40. The summed E-state index contributed by atoms with van der Waals surface area (Å²) in [4.78, 5) is 17.9. The second kappa shape index (κ2) is 7.45. The van der Waals surface area contributed by atoms with Gasteiger partial charge in [-0.1, -0.05) is 13.0 Å². The lowest BCUT2D eigenvalue weighted by atomic mass is 9.95. The molecule has 140 valence electrons. The number of amides is 1. The first kappa shape index (κ1) is 18.4. The molecule has 27 heavy (non-hydrogen) atoms. The van der Waals surface area contributed by atoms with Crippen LogP contribution in [0.3, 0.4) is 0 Å². The summed E-state index contributed by atoms with van der Waals surface area (Å²) in [6.07, 6.45) is 3.34. The molecule has 0 saturated heterocycles. The predicted molar refractivity (Wildman–Crippen MR) is 106 cm³/mol. The van der Waals surface area contributed by atoms with Crippen LogP contribution in [0.15, 0.2) is 47.2 Å². The molecule has 5 N–H and O–H groups in total. The smallest absolute Gasteiger partial charge is 0.226 e. The van der Waals surface area contributed by atoms with E-state index < -0.39 is 0 Å². The Labute approximate surface area is 157 Å². The van der Waals surface area contributed by atoms with Crippen LogP contribution in [0.4, 0.5) is 5.69 Å². The largest absolute Gasteiger partial charge is 0.389 e. The standard InChI is InChI=1S/C19H23N7O/c1-11(19(27)26(2)3)9-22-10-14-17(20)13-5-4-12(15-6-7-23-25-15)8-16(13)24-18(14)21/h4-8,10-11,20,22H,9H2,1-3H3,(H2,21,24)(H,23,25)/b14-10+,20-17?. The second-order valence-corrected chi connectivity index (χ2v) is 6.67. The molecule has 0 fully saturated rings. The average molecular weight is 365 g/mol. The number of H-pyrrole nitrogens is 1. The highest BCUT2D eigenvalue weighted by Crippen LogP contribution is 2.31. The van der Waals surface area contributed by atoms with Gasteiger partial charge >= 0.3 is 0 Å². The van der Waals surface area contributed by atoms with E-state index in [2.05, 4.69) is 20.5 Å². The summed E-state index contributed by atoms with van der Waals surface area (Å²) in [5.74, 6) is 0.128. The lowest BCUT2D eigenvalue weighted by Crippen LogP contribution is -2.34. The highest BCUT2D eigenvalue weighted by atomic mass is 16.2. The lowest BCUT2D eigenvalue weighted by Gasteiger charge is -2.19. The van der Waals surface area contributed by atoms with Crippen molar-refractivity contribution in [3.63, 3.8) is 0 Å². The molecular weight excluding hydrogens is 342 g/mol. The highest BCUT2D eigenvalue weighted by Gasteiger charge is 2.22. The third kappa shape index (κ3) is 3.74. The van der Waals surface area contributed by atoms with E-state index in [9.17, 15) is 4.79 Å². The highest BCUT2D eigenvalue weighted by molar-refractivity contribution is 6.32. The van der Waals surface area contributed by atoms with Crippen LogP contribution in [0, 0.1) is 11.3 Å². The predicted octanol–water partition coefficient (Wildman–Crippen LogP) is 1.64. The molecule has 1 amide bonds. The van der Waals surface area contributed by atoms with Gasteiger partial charge in [0, 0.05) is 44.2 Å². The van der Waals surface area contributed by atoms with Gasteiger partial charge in [-0.15, -0.1) is 0 Å². The minimum atomic E-state index is -0.183. The number of hydrogen-bond acceptors (Lipinski definition) is 6. The van der Waals surface area contributed by atoms with Gasteiger partial charge < -0.3 is 16.0 Å². The zero-order valence-corrected chi connectivity index (χ0v) is 15.6. The molecule has 1 aliphatic rings. The molecule has 8 nitrogen and oxygen atoms in total. The van der Waals surface area contributed by atoms with Gasteiger partial charge in [-0.25, -0.2) is 4.99 Å². The molecule has 2 heterocycles. The summed E-state index contributed by atoms with van der Waals surface area (Å²) in [6, 6.07) is 7.53. The number of nitrogens with two attached hydrogens (primary N) is 1. The molecule has 0 radical (unpaired) electrons. The first-order valence-electron chi connectivity index (χ1n) is 8.61. The fourth-order valence-electron chi connectivity index (χ4n) is 2.89. The van der Waals surface area contributed by atoms with E-state index in [1.165, 1.54) is 0 Å².